The van der Waals surface area contributed by atoms with E-state index in [9.17, 15) is 4.79 Å². The van der Waals surface area contributed by atoms with Crippen molar-refractivity contribution in [1.82, 2.24) is 10.6 Å². The predicted octanol–water partition coefficient (Wildman–Crippen LogP) is 0.964. The molecule has 4 heteroatoms. The van der Waals surface area contributed by atoms with Gasteiger partial charge in [0.1, 0.15) is 0 Å². The van der Waals surface area contributed by atoms with Crippen LogP contribution in [0.1, 0.15) is 40.0 Å². The molecule has 0 bridgehead atoms. The Balaban J connectivity index is 2.31. The smallest absolute Gasteiger partial charge is 0.315 e. The zero-order valence-electron chi connectivity index (χ0n) is 9.26. The van der Waals surface area contributed by atoms with E-state index in [1.54, 1.807) is 0 Å². The summed E-state index contributed by atoms with van der Waals surface area (Å²) in [5.74, 6) is 0. The van der Waals surface area contributed by atoms with Crippen LogP contribution in [0.25, 0.3) is 0 Å². The Morgan fingerprint density at radius 3 is 2.43 bits per heavy atom. The van der Waals surface area contributed by atoms with Crippen LogP contribution in [-0.2, 0) is 0 Å². The monoisotopic (exact) mass is 199 g/mol. The van der Waals surface area contributed by atoms with Crippen LogP contribution in [0.2, 0.25) is 0 Å². The minimum Gasteiger partial charge on any atom is -0.335 e. The Labute approximate surface area is 85.6 Å². The van der Waals surface area contributed by atoms with Crippen LogP contribution < -0.4 is 16.4 Å². The summed E-state index contributed by atoms with van der Waals surface area (Å²) in [4.78, 5) is 11.5. The Morgan fingerprint density at radius 2 is 2.07 bits per heavy atom. The number of rotatable bonds is 3. The van der Waals surface area contributed by atoms with Crippen molar-refractivity contribution in [2.45, 2.75) is 57.7 Å². The lowest BCUT2D eigenvalue weighted by Gasteiger charge is -2.33. The van der Waals surface area contributed by atoms with Gasteiger partial charge in [-0.2, -0.15) is 0 Å². The van der Waals surface area contributed by atoms with Gasteiger partial charge in [0.15, 0.2) is 0 Å². The maximum Gasteiger partial charge on any atom is 0.315 e. The van der Waals surface area contributed by atoms with E-state index in [0.29, 0.717) is 6.04 Å². The molecule has 0 aromatic rings. The minimum atomic E-state index is -0.353. The molecule has 82 valence electrons. The molecule has 1 aliphatic carbocycles. The Kier molecular flexibility index (Phi) is 3.37. The molecule has 0 saturated heterocycles. The van der Waals surface area contributed by atoms with Gasteiger partial charge in [0, 0.05) is 12.1 Å². The Morgan fingerprint density at radius 1 is 1.50 bits per heavy atom. The summed E-state index contributed by atoms with van der Waals surface area (Å²) in [7, 11) is 0. The molecule has 14 heavy (non-hydrogen) atoms. The summed E-state index contributed by atoms with van der Waals surface area (Å²) in [5.41, 5.74) is 5.40. The Hall–Kier alpha value is -0.770. The summed E-state index contributed by atoms with van der Waals surface area (Å²) in [6.07, 6.45) is 3.43. The highest BCUT2D eigenvalue weighted by Gasteiger charge is 2.26. The van der Waals surface area contributed by atoms with Gasteiger partial charge < -0.3 is 16.4 Å². The molecule has 0 spiro atoms. The van der Waals surface area contributed by atoms with E-state index < -0.39 is 0 Å². The summed E-state index contributed by atoms with van der Waals surface area (Å²) in [6.45, 7) is 5.75. The number of urea groups is 1. The van der Waals surface area contributed by atoms with Gasteiger partial charge in [-0.05, 0) is 40.0 Å². The SMILES string of the molecule is CC(N)C(C)(C)NC(=O)NC1CCC1. The first-order valence-corrected chi connectivity index (χ1v) is 5.26. The lowest BCUT2D eigenvalue weighted by atomic mass is 9.93. The normalized spacial score (nSPS) is 19.7. The molecule has 2 amide bonds. The van der Waals surface area contributed by atoms with E-state index in [4.69, 9.17) is 5.73 Å². The van der Waals surface area contributed by atoms with Crippen LogP contribution in [0.5, 0.6) is 0 Å². The zero-order valence-corrected chi connectivity index (χ0v) is 9.26. The fraction of sp³-hybridized carbons (Fsp3) is 0.900. The van der Waals surface area contributed by atoms with Crippen molar-refractivity contribution < 1.29 is 4.79 Å². The van der Waals surface area contributed by atoms with Gasteiger partial charge in [0.25, 0.3) is 0 Å². The third kappa shape index (κ3) is 2.87. The standard InChI is InChI=1S/C10H21N3O/c1-7(11)10(2,3)13-9(14)12-8-5-4-6-8/h7-8H,4-6,11H2,1-3H3,(H2,12,13,14). The van der Waals surface area contributed by atoms with E-state index in [1.807, 2.05) is 20.8 Å². The predicted molar refractivity (Wildman–Crippen MR) is 57.0 cm³/mol. The molecule has 1 fully saturated rings. The number of nitrogens with one attached hydrogen (secondary N) is 2. The van der Waals surface area contributed by atoms with Crippen molar-refractivity contribution in [3.63, 3.8) is 0 Å². The first-order chi connectivity index (χ1) is 6.42. The molecule has 1 aliphatic rings. The molecular formula is C10H21N3O. The van der Waals surface area contributed by atoms with Crippen LogP contribution >= 0.6 is 0 Å². The molecule has 0 aromatic heterocycles. The number of nitrogens with two attached hydrogens (primary N) is 1. The molecule has 1 unspecified atom stereocenters. The quantitative estimate of drug-likeness (QED) is 0.634. The first kappa shape index (κ1) is 11.3. The van der Waals surface area contributed by atoms with Gasteiger partial charge in [-0.1, -0.05) is 0 Å². The lowest BCUT2D eigenvalue weighted by molar-refractivity contribution is 0.213. The molecule has 0 radical (unpaired) electrons. The van der Waals surface area contributed by atoms with Crippen molar-refractivity contribution in [3.05, 3.63) is 0 Å². The van der Waals surface area contributed by atoms with Crippen LogP contribution in [-0.4, -0.2) is 23.7 Å². The van der Waals surface area contributed by atoms with Crippen molar-refractivity contribution in [2.24, 2.45) is 5.73 Å². The molecule has 0 heterocycles. The van der Waals surface area contributed by atoms with E-state index in [2.05, 4.69) is 10.6 Å². The van der Waals surface area contributed by atoms with Crippen LogP contribution in [0.15, 0.2) is 0 Å². The molecule has 0 aliphatic heterocycles. The van der Waals surface area contributed by atoms with E-state index in [1.165, 1.54) is 6.42 Å². The average Bonchev–Trinajstić information content (AvgIpc) is 1.96. The second-order valence-electron chi connectivity index (χ2n) is 4.74. The molecule has 1 saturated carbocycles. The number of carbonyl (C=O) groups excluding carboxylic acids is 1. The van der Waals surface area contributed by atoms with Crippen LogP contribution in [0, 0.1) is 0 Å². The average molecular weight is 199 g/mol. The second-order valence-corrected chi connectivity index (χ2v) is 4.74. The van der Waals surface area contributed by atoms with Gasteiger partial charge in [-0.15, -0.1) is 0 Å². The minimum absolute atomic E-state index is 0.0605. The maximum atomic E-state index is 11.5. The maximum absolute atomic E-state index is 11.5. The number of hydrogen-bond acceptors (Lipinski definition) is 2. The van der Waals surface area contributed by atoms with Crippen molar-refractivity contribution in [2.75, 3.05) is 0 Å². The van der Waals surface area contributed by atoms with Crippen molar-refractivity contribution in [3.8, 4) is 0 Å². The molecule has 1 atom stereocenters. The van der Waals surface area contributed by atoms with Crippen LogP contribution in [0.4, 0.5) is 4.79 Å². The van der Waals surface area contributed by atoms with Gasteiger partial charge in [-0.25, -0.2) is 4.79 Å². The highest BCUT2D eigenvalue weighted by atomic mass is 16.2. The lowest BCUT2D eigenvalue weighted by Crippen LogP contribution is -2.58. The summed E-state index contributed by atoms with van der Waals surface area (Å²) < 4.78 is 0. The highest BCUT2D eigenvalue weighted by molar-refractivity contribution is 5.75. The fourth-order valence-electron chi connectivity index (χ4n) is 1.18. The molecule has 0 aromatic carbocycles. The van der Waals surface area contributed by atoms with E-state index in [-0.39, 0.29) is 17.6 Å². The summed E-state index contributed by atoms with van der Waals surface area (Å²) >= 11 is 0. The summed E-state index contributed by atoms with van der Waals surface area (Å²) in [6, 6.07) is 0.213. The van der Waals surface area contributed by atoms with E-state index >= 15 is 0 Å². The third-order valence-corrected chi connectivity index (χ3v) is 3.01. The molecule has 4 nitrogen and oxygen atoms in total. The van der Waals surface area contributed by atoms with Crippen molar-refractivity contribution >= 4 is 6.03 Å². The first-order valence-electron chi connectivity index (χ1n) is 5.26. The van der Waals surface area contributed by atoms with E-state index in [0.717, 1.165) is 12.8 Å². The highest BCUT2D eigenvalue weighted by Crippen LogP contribution is 2.18. The van der Waals surface area contributed by atoms with Gasteiger partial charge >= 0.3 is 6.03 Å². The topological polar surface area (TPSA) is 67.1 Å². The molecular weight excluding hydrogens is 178 g/mol. The van der Waals surface area contributed by atoms with Gasteiger partial charge in [-0.3, -0.25) is 0 Å². The molecule has 4 N–H and O–H groups in total. The summed E-state index contributed by atoms with van der Waals surface area (Å²) in [5, 5.41) is 5.80. The largest absolute Gasteiger partial charge is 0.335 e. The number of amides is 2. The zero-order chi connectivity index (χ0) is 10.8. The molecule has 1 rings (SSSR count). The van der Waals surface area contributed by atoms with Gasteiger partial charge in [0.05, 0.1) is 5.54 Å². The Bertz CT molecular complexity index is 209. The third-order valence-electron chi connectivity index (χ3n) is 3.01. The van der Waals surface area contributed by atoms with Gasteiger partial charge in [0.2, 0.25) is 0 Å². The van der Waals surface area contributed by atoms with Crippen LogP contribution in [0.3, 0.4) is 0 Å². The van der Waals surface area contributed by atoms with Crippen molar-refractivity contribution in [1.29, 1.82) is 0 Å². The number of hydrogen-bond donors (Lipinski definition) is 3. The fourth-order valence-corrected chi connectivity index (χ4v) is 1.18. The second kappa shape index (κ2) is 4.17. The number of carbonyl (C=O) groups is 1.